The molecular formula is C10H20O6. The molecule has 6 heteroatoms. The molecule has 1 fully saturated rings. The van der Waals surface area contributed by atoms with Crippen LogP contribution in [0.2, 0.25) is 0 Å². The third-order valence-electron chi connectivity index (χ3n) is 2.89. The zero-order chi connectivity index (χ0) is 12.3. The summed E-state index contributed by atoms with van der Waals surface area (Å²) in [6.07, 6.45) is -5.64. The van der Waals surface area contributed by atoms with E-state index in [2.05, 4.69) is 0 Å². The molecule has 1 aliphatic heterocycles. The summed E-state index contributed by atoms with van der Waals surface area (Å²) in [5.41, 5.74) is 0. The molecule has 1 heterocycles. The van der Waals surface area contributed by atoms with Gasteiger partial charge in [-0.05, 0) is 6.42 Å². The lowest BCUT2D eigenvalue weighted by atomic mass is 9.91. The van der Waals surface area contributed by atoms with Crippen LogP contribution in [0.15, 0.2) is 0 Å². The summed E-state index contributed by atoms with van der Waals surface area (Å²) in [6.45, 7) is 1.33. The molecule has 6 nitrogen and oxygen atoms in total. The van der Waals surface area contributed by atoms with E-state index in [4.69, 9.17) is 9.84 Å². The Labute approximate surface area is 94.1 Å². The average molecular weight is 236 g/mol. The fourth-order valence-corrected chi connectivity index (χ4v) is 1.92. The Kier molecular flexibility index (Phi) is 5.10. The minimum atomic E-state index is -1.40. The maximum Gasteiger partial charge on any atom is 0.115 e. The van der Waals surface area contributed by atoms with Crippen molar-refractivity contribution in [3.63, 3.8) is 0 Å². The number of hydrogen-bond acceptors (Lipinski definition) is 6. The van der Waals surface area contributed by atoms with Crippen LogP contribution in [0.5, 0.6) is 0 Å². The third kappa shape index (κ3) is 2.71. The Morgan fingerprint density at radius 2 is 1.75 bits per heavy atom. The van der Waals surface area contributed by atoms with E-state index in [9.17, 15) is 20.4 Å². The Balaban J connectivity index is 2.72. The van der Waals surface area contributed by atoms with Crippen LogP contribution in [0.25, 0.3) is 0 Å². The van der Waals surface area contributed by atoms with Gasteiger partial charge in [-0.2, -0.15) is 0 Å². The van der Waals surface area contributed by atoms with Gasteiger partial charge in [-0.25, -0.2) is 0 Å². The molecule has 0 spiro atoms. The maximum absolute atomic E-state index is 9.63. The van der Waals surface area contributed by atoms with Crippen LogP contribution in [0.1, 0.15) is 19.8 Å². The number of aliphatic hydroxyl groups excluding tert-OH is 5. The van der Waals surface area contributed by atoms with Crippen LogP contribution >= 0.6 is 0 Å². The molecule has 2 unspecified atom stereocenters. The first-order valence-electron chi connectivity index (χ1n) is 5.51. The maximum atomic E-state index is 9.63. The first-order chi connectivity index (χ1) is 7.52. The van der Waals surface area contributed by atoms with E-state index in [-0.39, 0.29) is 0 Å². The van der Waals surface area contributed by atoms with Gasteiger partial charge in [0.25, 0.3) is 0 Å². The topological polar surface area (TPSA) is 110 Å². The van der Waals surface area contributed by atoms with Crippen molar-refractivity contribution in [2.75, 3.05) is 6.61 Å². The molecule has 0 aromatic heterocycles. The van der Waals surface area contributed by atoms with Crippen molar-refractivity contribution < 1.29 is 30.3 Å². The number of hydrogen-bond donors (Lipinski definition) is 5. The second-order valence-electron chi connectivity index (χ2n) is 4.15. The van der Waals surface area contributed by atoms with E-state index in [1.807, 2.05) is 6.92 Å². The summed E-state index contributed by atoms with van der Waals surface area (Å²) in [5.74, 6) is 0. The van der Waals surface area contributed by atoms with Gasteiger partial charge < -0.3 is 30.3 Å². The van der Waals surface area contributed by atoms with Crippen LogP contribution < -0.4 is 0 Å². The molecule has 0 aromatic carbocycles. The molecule has 6 atom stereocenters. The number of ether oxygens (including phenoxy) is 1. The molecule has 1 rings (SSSR count). The van der Waals surface area contributed by atoms with Gasteiger partial charge in [-0.15, -0.1) is 0 Å². The highest BCUT2D eigenvalue weighted by Crippen LogP contribution is 2.25. The first kappa shape index (κ1) is 13.8. The van der Waals surface area contributed by atoms with Crippen molar-refractivity contribution in [1.29, 1.82) is 0 Å². The molecule has 5 N–H and O–H groups in total. The van der Waals surface area contributed by atoms with Crippen molar-refractivity contribution in [2.45, 2.75) is 56.4 Å². The van der Waals surface area contributed by atoms with Crippen LogP contribution in [0, 0.1) is 0 Å². The number of rotatable bonds is 4. The van der Waals surface area contributed by atoms with Gasteiger partial charge in [-0.3, -0.25) is 0 Å². The summed E-state index contributed by atoms with van der Waals surface area (Å²) in [7, 11) is 0. The van der Waals surface area contributed by atoms with Crippen molar-refractivity contribution in [3.05, 3.63) is 0 Å². The van der Waals surface area contributed by atoms with E-state index in [0.717, 1.165) is 6.42 Å². The van der Waals surface area contributed by atoms with Gasteiger partial charge >= 0.3 is 0 Å². The minimum absolute atomic E-state index is 0.513. The molecule has 0 amide bonds. The Morgan fingerprint density at radius 3 is 2.25 bits per heavy atom. The molecule has 0 aliphatic carbocycles. The average Bonchev–Trinajstić information content (AvgIpc) is 2.29. The van der Waals surface area contributed by atoms with E-state index >= 15 is 0 Å². The monoisotopic (exact) mass is 236 g/mol. The van der Waals surface area contributed by atoms with Crippen LogP contribution in [0.3, 0.4) is 0 Å². The zero-order valence-electron chi connectivity index (χ0n) is 9.23. The van der Waals surface area contributed by atoms with Gasteiger partial charge in [-0.1, -0.05) is 13.3 Å². The van der Waals surface area contributed by atoms with Crippen molar-refractivity contribution in [2.24, 2.45) is 0 Å². The SMILES string of the molecule is CCC[C@@H]1OC([C@H](O)CO)[C@@H](O)[C@H](O)C1O. The van der Waals surface area contributed by atoms with Gasteiger partial charge in [0, 0.05) is 0 Å². The molecular weight excluding hydrogens is 216 g/mol. The molecule has 0 radical (unpaired) electrons. The van der Waals surface area contributed by atoms with E-state index in [1.54, 1.807) is 0 Å². The normalized spacial score (nSPS) is 42.0. The fourth-order valence-electron chi connectivity index (χ4n) is 1.92. The van der Waals surface area contributed by atoms with E-state index in [1.165, 1.54) is 0 Å². The molecule has 1 saturated heterocycles. The van der Waals surface area contributed by atoms with Crippen LogP contribution in [-0.2, 0) is 4.74 Å². The fraction of sp³-hybridized carbons (Fsp3) is 1.00. The van der Waals surface area contributed by atoms with E-state index in [0.29, 0.717) is 6.42 Å². The Hall–Kier alpha value is -0.240. The number of aliphatic hydroxyl groups is 5. The predicted octanol–water partition coefficient (Wildman–Crippen LogP) is -2.01. The molecule has 96 valence electrons. The Morgan fingerprint density at radius 1 is 1.12 bits per heavy atom. The second-order valence-corrected chi connectivity index (χ2v) is 4.15. The minimum Gasteiger partial charge on any atom is -0.394 e. The Bertz CT molecular complexity index is 211. The summed E-state index contributed by atoms with van der Waals surface area (Å²) in [6, 6.07) is 0. The lowest BCUT2D eigenvalue weighted by Gasteiger charge is -2.42. The van der Waals surface area contributed by atoms with Crippen molar-refractivity contribution in [1.82, 2.24) is 0 Å². The largest absolute Gasteiger partial charge is 0.394 e. The van der Waals surface area contributed by atoms with Gasteiger partial charge in [0.15, 0.2) is 0 Å². The highest BCUT2D eigenvalue weighted by molar-refractivity contribution is 4.94. The van der Waals surface area contributed by atoms with E-state index < -0.39 is 43.2 Å². The lowest BCUT2D eigenvalue weighted by molar-refractivity contribution is -0.246. The van der Waals surface area contributed by atoms with Crippen LogP contribution in [-0.4, -0.2) is 68.8 Å². The quantitative estimate of drug-likeness (QED) is 0.386. The van der Waals surface area contributed by atoms with Gasteiger partial charge in [0.2, 0.25) is 0 Å². The molecule has 0 saturated carbocycles. The van der Waals surface area contributed by atoms with Crippen molar-refractivity contribution >= 4 is 0 Å². The second kappa shape index (κ2) is 5.90. The molecule has 0 bridgehead atoms. The first-order valence-corrected chi connectivity index (χ1v) is 5.51. The van der Waals surface area contributed by atoms with Crippen LogP contribution in [0.4, 0.5) is 0 Å². The molecule has 1 aliphatic rings. The predicted molar refractivity (Wildman–Crippen MR) is 54.7 cm³/mol. The standard InChI is InChI=1S/C10H20O6/c1-2-3-6-7(13)8(14)9(15)10(16-6)5(12)4-11/h5-15H,2-4H2,1H3/t5-,6+,7?,8-,9+,10?/m1/s1. The summed E-state index contributed by atoms with van der Waals surface area (Å²) < 4.78 is 5.30. The smallest absolute Gasteiger partial charge is 0.115 e. The highest BCUT2D eigenvalue weighted by atomic mass is 16.5. The van der Waals surface area contributed by atoms with Gasteiger partial charge in [0.05, 0.1) is 12.7 Å². The zero-order valence-corrected chi connectivity index (χ0v) is 9.23. The van der Waals surface area contributed by atoms with Gasteiger partial charge in [0.1, 0.15) is 30.5 Å². The summed E-state index contributed by atoms with van der Waals surface area (Å²) in [5, 5.41) is 47.0. The third-order valence-corrected chi connectivity index (χ3v) is 2.89. The molecule has 0 aromatic rings. The summed E-state index contributed by atoms with van der Waals surface area (Å²) >= 11 is 0. The summed E-state index contributed by atoms with van der Waals surface area (Å²) in [4.78, 5) is 0. The lowest BCUT2D eigenvalue weighted by Crippen LogP contribution is -2.61. The molecule has 16 heavy (non-hydrogen) atoms. The highest BCUT2D eigenvalue weighted by Gasteiger charge is 2.45. The van der Waals surface area contributed by atoms with Crippen molar-refractivity contribution in [3.8, 4) is 0 Å².